The number of aliphatic hydroxyl groups excluding tert-OH is 1. The number of allylic oxidation sites excluding steroid dienone is 1. The van der Waals surface area contributed by atoms with E-state index in [1.165, 1.54) is 12.3 Å². The highest BCUT2D eigenvalue weighted by Crippen LogP contribution is 2.24. The van der Waals surface area contributed by atoms with Gasteiger partial charge in [-0.1, -0.05) is 6.08 Å². The maximum atomic E-state index is 11.4. The van der Waals surface area contributed by atoms with E-state index in [0.29, 0.717) is 12.2 Å². The average Bonchev–Trinajstić information content (AvgIpc) is 2.68. The number of ether oxygens (including phenoxy) is 2. The van der Waals surface area contributed by atoms with Gasteiger partial charge in [0.25, 0.3) is 0 Å². The smallest absolute Gasteiger partial charge is 0.203 e. The SMILES string of the molecule is C=CC.O=C1C=C(CCO)OC2C=COC12. The van der Waals surface area contributed by atoms with Gasteiger partial charge in [0.2, 0.25) is 11.9 Å². The number of ketones is 1. The number of aliphatic hydroxyl groups is 1. The molecule has 0 spiro atoms. The molecule has 0 radical (unpaired) electrons. The van der Waals surface area contributed by atoms with Crippen molar-refractivity contribution in [3.8, 4) is 0 Å². The molecule has 0 saturated carbocycles. The zero-order valence-electron chi connectivity index (χ0n) is 9.26. The summed E-state index contributed by atoms with van der Waals surface area (Å²) < 4.78 is 10.4. The van der Waals surface area contributed by atoms with E-state index in [0.717, 1.165) is 0 Å². The van der Waals surface area contributed by atoms with Crippen molar-refractivity contribution < 1.29 is 19.4 Å². The van der Waals surface area contributed by atoms with Crippen molar-refractivity contribution in [1.82, 2.24) is 0 Å². The van der Waals surface area contributed by atoms with Gasteiger partial charge in [0.05, 0.1) is 12.9 Å². The van der Waals surface area contributed by atoms with E-state index in [4.69, 9.17) is 14.6 Å². The fourth-order valence-corrected chi connectivity index (χ4v) is 1.41. The van der Waals surface area contributed by atoms with Crippen molar-refractivity contribution in [3.05, 3.63) is 36.8 Å². The highest BCUT2D eigenvalue weighted by Gasteiger charge is 2.35. The van der Waals surface area contributed by atoms with Crippen LogP contribution in [0.4, 0.5) is 0 Å². The van der Waals surface area contributed by atoms with Gasteiger partial charge in [0, 0.05) is 12.5 Å². The maximum Gasteiger partial charge on any atom is 0.203 e. The molecule has 88 valence electrons. The fourth-order valence-electron chi connectivity index (χ4n) is 1.41. The normalized spacial score (nSPS) is 25.6. The zero-order valence-corrected chi connectivity index (χ0v) is 9.26. The summed E-state index contributed by atoms with van der Waals surface area (Å²) in [7, 11) is 0. The molecule has 0 aliphatic carbocycles. The monoisotopic (exact) mass is 224 g/mol. The van der Waals surface area contributed by atoms with Crippen LogP contribution in [0.25, 0.3) is 0 Å². The maximum absolute atomic E-state index is 11.4. The number of carbonyl (C=O) groups is 1. The van der Waals surface area contributed by atoms with E-state index in [1.54, 1.807) is 12.2 Å². The second kappa shape index (κ2) is 6.12. The Labute approximate surface area is 94.9 Å². The van der Waals surface area contributed by atoms with Crippen LogP contribution in [-0.4, -0.2) is 29.7 Å². The summed E-state index contributed by atoms with van der Waals surface area (Å²) in [6, 6.07) is 0. The number of hydrogen-bond donors (Lipinski definition) is 1. The first kappa shape index (κ1) is 12.5. The van der Waals surface area contributed by atoms with Gasteiger partial charge < -0.3 is 14.6 Å². The van der Waals surface area contributed by atoms with Crippen LogP contribution in [0.1, 0.15) is 13.3 Å². The minimum Gasteiger partial charge on any atom is -0.486 e. The van der Waals surface area contributed by atoms with Crippen molar-refractivity contribution in [2.45, 2.75) is 25.6 Å². The molecule has 2 rings (SSSR count). The third-order valence-electron chi connectivity index (χ3n) is 2.02. The van der Waals surface area contributed by atoms with Crippen molar-refractivity contribution >= 4 is 5.78 Å². The molecule has 2 aliphatic heterocycles. The van der Waals surface area contributed by atoms with Crippen LogP contribution in [-0.2, 0) is 14.3 Å². The van der Waals surface area contributed by atoms with E-state index in [2.05, 4.69) is 6.58 Å². The van der Waals surface area contributed by atoms with Gasteiger partial charge in [-0.15, -0.1) is 6.58 Å². The van der Waals surface area contributed by atoms with Gasteiger partial charge in [-0.3, -0.25) is 4.79 Å². The molecule has 16 heavy (non-hydrogen) atoms. The van der Waals surface area contributed by atoms with Gasteiger partial charge in [0.1, 0.15) is 5.76 Å². The van der Waals surface area contributed by atoms with E-state index in [1.807, 2.05) is 6.92 Å². The first-order valence-corrected chi connectivity index (χ1v) is 5.14. The summed E-state index contributed by atoms with van der Waals surface area (Å²) in [4.78, 5) is 11.4. The Morgan fingerprint density at radius 2 is 2.31 bits per heavy atom. The predicted octanol–water partition coefficient (Wildman–Crippen LogP) is 1.33. The quantitative estimate of drug-likeness (QED) is 0.719. The molecular weight excluding hydrogens is 208 g/mol. The lowest BCUT2D eigenvalue weighted by molar-refractivity contribution is -0.128. The van der Waals surface area contributed by atoms with E-state index in [9.17, 15) is 4.79 Å². The van der Waals surface area contributed by atoms with Crippen molar-refractivity contribution in [1.29, 1.82) is 0 Å². The van der Waals surface area contributed by atoms with Crippen LogP contribution in [0.3, 0.4) is 0 Å². The lowest BCUT2D eigenvalue weighted by Crippen LogP contribution is -2.35. The highest BCUT2D eigenvalue weighted by molar-refractivity contribution is 5.95. The van der Waals surface area contributed by atoms with E-state index in [-0.39, 0.29) is 18.5 Å². The largest absolute Gasteiger partial charge is 0.486 e. The van der Waals surface area contributed by atoms with Crippen LogP contribution in [0.15, 0.2) is 36.8 Å². The second-order valence-corrected chi connectivity index (χ2v) is 3.36. The summed E-state index contributed by atoms with van der Waals surface area (Å²) in [6.07, 6.45) is 5.88. The van der Waals surface area contributed by atoms with Gasteiger partial charge in [0.15, 0.2) is 6.10 Å². The van der Waals surface area contributed by atoms with Crippen molar-refractivity contribution in [2.24, 2.45) is 0 Å². The summed E-state index contributed by atoms with van der Waals surface area (Å²) in [5.41, 5.74) is 0. The lowest BCUT2D eigenvalue weighted by Gasteiger charge is -2.24. The Balaban J connectivity index is 0.000000386. The van der Waals surface area contributed by atoms with Gasteiger partial charge in [-0.05, 0) is 13.0 Å². The number of hydrogen-bond acceptors (Lipinski definition) is 4. The minimum absolute atomic E-state index is 0.0128. The zero-order chi connectivity index (χ0) is 12.0. The van der Waals surface area contributed by atoms with E-state index >= 15 is 0 Å². The molecule has 0 aromatic rings. The van der Waals surface area contributed by atoms with Crippen LogP contribution in [0, 0.1) is 0 Å². The topological polar surface area (TPSA) is 55.8 Å². The Kier molecular flexibility index (Phi) is 4.79. The summed E-state index contributed by atoms with van der Waals surface area (Å²) in [5.74, 6) is 0.439. The summed E-state index contributed by atoms with van der Waals surface area (Å²) in [6.45, 7) is 5.24. The Bertz CT molecular complexity index is 317. The Hall–Kier alpha value is -1.55. The third-order valence-corrected chi connectivity index (χ3v) is 2.02. The standard InChI is InChI=1S/C9H10O4.C3H6/c10-3-1-6-5-7(11)9-8(13-6)2-4-12-9;1-3-2/h2,4-5,8-10H,1,3H2;3H,1H2,2H3. The molecule has 2 atom stereocenters. The molecule has 4 nitrogen and oxygen atoms in total. The Morgan fingerprint density at radius 3 is 2.94 bits per heavy atom. The first-order valence-electron chi connectivity index (χ1n) is 5.14. The highest BCUT2D eigenvalue weighted by atomic mass is 16.6. The molecule has 2 unspecified atom stereocenters. The summed E-state index contributed by atoms with van der Waals surface area (Å²) in [5, 5.41) is 8.66. The molecule has 4 heteroatoms. The van der Waals surface area contributed by atoms with Crippen LogP contribution >= 0.6 is 0 Å². The molecule has 2 heterocycles. The fraction of sp³-hybridized carbons (Fsp3) is 0.417. The van der Waals surface area contributed by atoms with Crippen molar-refractivity contribution in [3.63, 3.8) is 0 Å². The van der Waals surface area contributed by atoms with Crippen LogP contribution in [0.2, 0.25) is 0 Å². The van der Waals surface area contributed by atoms with Gasteiger partial charge in [-0.2, -0.15) is 0 Å². The molecule has 0 aromatic carbocycles. The number of fused-ring (bicyclic) bond motifs is 1. The van der Waals surface area contributed by atoms with Crippen LogP contribution < -0.4 is 0 Å². The predicted molar refractivity (Wildman–Crippen MR) is 59.5 cm³/mol. The molecule has 1 N–H and O–H groups in total. The molecule has 0 fully saturated rings. The molecular formula is C12H16O4. The van der Waals surface area contributed by atoms with Crippen molar-refractivity contribution in [2.75, 3.05) is 6.61 Å². The van der Waals surface area contributed by atoms with Crippen LogP contribution in [0.5, 0.6) is 0 Å². The van der Waals surface area contributed by atoms with Gasteiger partial charge in [-0.25, -0.2) is 0 Å². The first-order chi connectivity index (χ1) is 7.72. The van der Waals surface area contributed by atoms with Gasteiger partial charge >= 0.3 is 0 Å². The summed E-state index contributed by atoms with van der Waals surface area (Å²) >= 11 is 0. The number of carbonyl (C=O) groups excluding carboxylic acids is 1. The molecule has 2 aliphatic rings. The third kappa shape index (κ3) is 2.97. The second-order valence-electron chi connectivity index (χ2n) is 3.36. The lowest BCUT2D eigenvalue weighted by atomic mass is 10.1. The molecule has 0 bridgehead atoms. The van der Waals surface area contributed by atoms with E-state index < -0.39 is 6.10 Å². The molecule has 0 amide bonds. The average molecular weight is 224 g/mol. The Morgan fingerprint density at radius 1 is 1.62 bits per heavy atom. The molecule has 0 aromatic heterocycles. The minimum atomic E-state index is -0.512. The molecule has 0 saturated heterocycles. The number of rotatable bonds is 2.